The summed E-state index contributed by atoms with van der Waals surface area (Å²) in [6.07, 6.45) is 1.64. The van der Waals surface area contributed by atoms with Crippen molar-refractivity contribution in [2.45, 2.75) is 20.0 Å². The van der Waals surface area contributed by atoms with Gasteiger partial charge in [-0.15, -0.1) is 0 Å². The highest BCUT2D eigenvalue weighted by molar-refractivity contribution is 5.79. The molecule has 27 heavy (non-hydrogen) atoms. The lowest BCUT2D eigenvalue weighted by atomic mass is 10.2. The average molecular weight is 365 g/mol. The molecule has 1 aromatic carbocycles. The first-order valence-corrected chi connectivity index (χ1v) is 8.80. The van der Waals surface area contributed by atoms with E-state index < -0.39 is 0 Å². The number of aromatic nitrogens is 2. The summed E-state index contributed by atoms with van der Waals surface area (Å²) in [5.74, 6) is 1.87. The molecule has 0 aliphatic heterocycles. The van der Waals surface area contributed by atoms with E-state index in [0.717, 1.165) is 23.5 Å². The topological polar surface area (TPSA) is 84.6 Å². The van der Waals surface area contributed by atoms with E-state index in [1.165, 1.54) is 0 Å². The van der Waals surface area contributed by atoms with Crippen molar-refractivity contribution in [2.75, 3.05) is 13.7 Å². The third-order valence-corrected chi connectivity index (χ3v) is 3.74. The first kappa shape index (κ1) is 18.4. The molecule has 3 aromatic rings. The van der Waals surface area contributed by atoms with E-state index in [4.69, 9.17) is 9.15 Å². The first-order chi connectivity index (χ1) is 13.3. The highest BCUT2D eigenvalue weighted by atomic mass is 16.5. The Kier molecular flexibility index (Phi) is 6.40. The van der Waals surface area contributed by atoms with Gasteiger partial charge < -0.3 is 19.8 Å². The van der Waals surface area contributed by atoms with Crippen molar-refractivity contribution < 1.29 is 9.15 Å². The lowest BCUT2D eigenvalue weighted by Crippen LogP contribution is -2.37. The predicted octanol–water partition coefficient (Wildman–Crippen LogP) is 3.00. The van der Waals surface area contributed by atoms with Gasteiger partial charge in [0.05, 0.1) is 25.9 Å². The van der Waals surface area contributed by atoms with Crippen molar-refractivity contribution in [1.29, 1.82) is 0 Å². The van der Waals surface area contributed by atoms with E-state index in [1.807, 2.05) is 55.5 Å². The van der Waals surface area contributed by atoms with Crippen LogP contribution < -0.4 is 15.4 Å². The van der Waals surface area contributed by atoms with Gasteiger partial charge in [-0.2, -0.15) is 0 Å². The van der Waals surface area contributed by atoms with Crippen molar-refractivity contribution in [3.8, 4) is 17.3 Å². The molecule has 3 rings (SSSR count). The molecule has 0 aliphatic carbocycles. The van der Waals surface area contributed by atoms with Gasteiger partial charge in [-0.3, -0.25) is 0 Å². The average Bonchev–Trinajstić information content (AvgIpc) is 3.20. The van der Waals surface area contributed by atoms with Crippen LogP contribution in [0.5, 0.6) is 5.88 Å². The molecule has 140 valence electrons. The van der Waals surface area contributed by atoms with Gasteiger partial charge in [0, 0.05) is 18.2 Å². The van der Waals surface area contributed by atoms with Gasteiger partial charge in [0.25, 0.3) is 0 Å². The highest BCUT2D eigenvalue weighted by Crippen LogP contribution is 2.18. The van der Waals surface area contributed by atoms with E-state index in [-0.39, 0.29) is 0 Å². The zero-order valence-corrected chi connectivity index (χ0v) is 15.5. The van der Waals surface area contributed by atoms with E-state index in [1.54, 1.807) is 13.4 Å². The van der Waals surface area contributed by atoms with Gasteiger partial charge in [-0.1, -0.05) is 24.3 Å². The zero-order chi connectivity index (χ0) is 18.9. The molecule has 7 nitrogen and oxygen atoms in total. The maximum absolute atomic E-state index is 5.55. The second-order valence-corrected chi connectivity index (χ2v) is 5.73. The van der Waals surface area contributed by atoms with Gasteiger partial charge >= 0.3 is 0 Å². The minimum absolute atomic E-state index is 0.414. The summed E-state index contributed by atoms with van der Waals surface area (Å²) in [6, 6.07) is 15.5. The minimum Gasteiger partial charge on any atom is -0.481 e. The third-order valence-electron chi connectivity index (χ3n) is 3.74. The Morgan fingerprint density at radius 2 is 1.89 bits per heavy atom. The van der Waals surface area contributed by atoms with Crippen molar-refractivity contribution in [1.82, 2.24) is 20.6 Å². The second-order valence-electron chi connectivity index (χ2n) is 5.73. The summed E-state index contributed by atoms with van der Waals surface area (Å²) in [7, 11) is 1.60. The maximum Gasteiger partial charge on any atom is 0.226 e. The van der Waals surface area contributed by atoms with Gasteiger partial charge in [-0.25, -0.2) is 15.0 Å². The number of pyridine rings is 1. The van der Waals surface area contributed by atoms with Gasteiger partial charge in [0.1, 0.15) is 12.0 Å². The largest absolute Gasteiger partial charge is 0.481 e. The summed E-state index contributed by atoms with van der Waals surface area (Å²) in [5.41, 5.74) is 2.58. The smallest absolute Gasteiger partial charge is 0.226 e. The standard InChI is InChI=1S/C20H23N5O2/c1-3-21-20(22-12-16-10-7-11-18(24-16)26-2)23-13-17-14-27-19(25-17)15-8-5-4-6-9-15/h4-11,14H,3,12-13H2,1-2H3,(H2,21,22,23). The number of nitrogens with one attached hydrogen (secondary N) is 2. The summed E-state index contributed by atoms with van der Waals surface area (Å²) < 4.78 is 10.7. The number of aliphatic imine (C=N–C) groups is 1. The van der Waals surface area contributed by atoms with Crippen LogP contribution in [0.2, 0.25) is 0 Å². The van der Waals surface area contributed by atoms with Crippen LogP contribution in [-0.2, 0) is 13.1 Å². The molecule has 0 bridgehead atoms. The van der Waals surface area contributed by atoms with E-state index in [2.05, 4.69) is 25.6 Å². The summed E-state index contributed by atoms with van der Waals surface area (Å²) >= 11 is 0. The fourth-order valence-electron chi connectivity index (χ4n) is 2.44. The van der Waals surface area contributed by atoms with Crippen LogP contribution in [-0.4, -0.2) is 29.6 Å². The monoisotopic (exact) mass is 365 g/mol. The summed E-state index contributed by atoms with van der Waals surface area (Å²) in [5, 5.41) is 6.47. The number of methoxy groups -OCH3 is 1. The molecule has 0 saturated carbocycles. The lowest BCUT2D eigenvalue weighted by Gasteiger charge is -2.11. The molecule has 0 atom stereocenters. The van der Waals surface area contributed by atoms with E-state index in [9.17, 15) is 0 Å². The first-order valence-electron chi connectivity index (χ1n) is 8.80. The number of hydrogen-bond donors (Lipinski definition) is 2. The number of hydrogen-bond acceptors (Lipinski definition) is 5. The molecule has 0 spiro atoms. The van der Waals surface area contributed by atoms with Gasteiger partial charge in [0.2, 0.25) is 11.8 Å². The molecule has 0 radical (unpaired) electrons. The van der Waals surface area contributed by atoms with Crippen molar-refractivity contribution >= 4 is 5.96 Å². The van der Waals surface area contributed by atoms with Crippen LogP contribution >= 0.6 is 0 Å². The van der Waals surface area contributed by atoms with Crippen molar-refractivity contribution in [2.24, 2.45) is 4.99 Å². The van der Waals surface area contributed by atoms with Crippen LogP contribution in [0.25, 0.3) is 11.5 Å². The molecule has 0 aliphatic rings. The molecule has 0 unspecified atom stereocenters. The molecule has 0 fully saturated rings. The normalized spacial score (nSPS) is 11.3. The number of guanidine groups is 1. The molecule has 2 N–H and O–H groups in total. The maximum atomic E-state index is 5.55. The summed E-state index contributed by atoms with van der Waals surface area (Å²) in [6.45, 7) is 3.73. The molecule has 2 aromatic heterocycles. The Balaban J connectivity index is 1.62. The SMILES string of the molecule is CCNC(=NCc1coc(-c2ccccc2)n1)NCc1cccc(OC)n1. The van der Waals surface area contributed by atoms with Crippen LogP contribution in [0.4, 0.5) is 0 Å². The predicted molar refractivity (Wildman–Crippen MR) is 104 cm³/mol. The quantitative estimate of drug-likeness (QED) is 0.495. The molecular weight excluding hydrogens is 342 g/mol. The van der Waals surface area contributed by atoms with Crippen LogP contribution in [0.3, 0.4) is 0 Å². The number of oxazole rings is 1. The van der Waals surface area contributed by atoms with Gasteiger partial charge in [-0.05, 0) is 25.1 Å². The number of nitrogens with zero attached hydrogens (tertiary/aromatic N) is 3. The molecule has 0 amide bonds. The molecular formula is C20H23N5O2. The Hall–Kier alpha value is -3.35. The molecule has 2 heterocycles. The van der Waals surface area contributed by atoms with Crippen molar-refractivity contribution in [3.05, 3.63) is 66.2 Å². The molecule has 7 heteroatoms. The second kappa shape index (κ2) is 9.38. The Morgan fingerprint density at radius 3 is 2.67 bits per heavy atom. The van der Waals surface area contributed by atoms with Gasteiger partial charge in [0.15, 0.2) is 5.96 Å². The number of benzene rings is 1. The number of rotatable bonds is 7. The Labute approximate surface area is 158 Å². The van der Waals surface area contributed by atoms with Crippen LogP contribution in [0.1, 0.15) is 18.3 Å². The van der Waals surface area contributed by atoms with Crippen LogP contribution in [0, 0.1) is 0 Å². The van der Waals surface area contributed by atoms with E-state index in [0.29, 0.717) is 30.8 Å². The highest BCUT2D eigenvalue weighted by Gasteiger charge is 2.06. The lowest BCUT2D eigenvalue weighted by molar-refractivity contribution is 0.396. The molecule has 0 saturated heterocycles. The minimum atomic E-state index is 0.414. The fourth-order valence-corrected chi connectivity index (χ4v) is 2.44. The Bertz CT molecular complexity index is 877. The van der Waals surface area contributed by atoms with Crippen molar-refractivity contribution in [3.63, 3.8) is 0 Å². The third kappa shape index (κ3) is 5.31. The van der Waals surface area contributed by atoms with Crippen LogP contribution in [0.15, 0.2) is 64.2 Å². The number of ether oxygens (including phenoxy) is 1. The summed E-state index contributed by atoms with van der Waals surface area (Å²) in [4.78, 5) is 13.4. The Morgan fingerprint density at radius 1 is 1.04 bits per heavy atom. The zero-order valence-electron chi connectivity index (χ0n) is 15.5. The fraction of sp³-hybridized carbons (Fsp3) is 0.250. The van der Waals surface area contributed by atoms with E-state index >= 15 is 0 Å².